The first kappa shape index (κ1) is 13.6. The molecule has 4 nitrogen and oxygen atoms in total. The summed E-state index contributed by atoms with van der Waals surface area (Å²) in [6, 6.07) is 6.81. The fourth-order valence-electron chi connectivity index (χ4n) is 1.81. The van der Waals surface area contributed by atoms with Crippen LogP contribution in [0.5, 0.6) is 0 Å². The number of hydrogen-bond donors (Lipinski definition) is 1. The van der Waals surface area contributed by atoms with Gasteiger partial charge in [-0.05, 0) is 30.7 Å². The second kappa shape index (κ2) is 6.38. The minimum absolute atomic E-state index is 0.122. The van der Waals surface area contributed by atoms with Gasteiger partial charge in [0.05, 0.1) is 6.54 Å². The van der Waals surface area contributed by atoms with Gasteiger partial charge in [-0.25, -0.2) is 4.98 Å². The third-order valence-electron chi connectivity index (χ3n) is 2.78. The summed E-state index contributed by atoms with van der Waals surface area (Å²) in [6.07, 6.45) is 4.71. The molecule has 1 aromatic heterocycles. The van der Waals surface area contributed by atoms with Gasteiger partial charge in [0.2, 0.25) is 0 Å². The molecule has 5 heteroatoms. The number of hydrogen-bond acceptors (Lipinski definition) is 2. The molecular weight excluding hydrogens is 262 g/mol. The lowest BCUT2D eigenvalue weighted by molar-refractivity contribution is 0.0949. The van der Waals surface area contributed by atoms with Crippen LogP contribution < -0.4 is 5.32 Å². The largest absolute Gasteiger partial charge is 0.345 e. The fourth-order valence-corrected chi connectivity index (χ4v) is 1.94. The first-order valence-electron chi connectivity index (χ1n) is 6.24. The van der Waals surface area contributed by atoms with Gasteiger partial charge in [0, 0.05) is 29.5 Å². The highest BCUT2D eigenvalue weighted by Crippen LogP contribution is 2.09. The molecule has 1 N–H and O–H groups in total. The summed E-state index contributed by atoms with van der Waals surface area (Å²) in [5.41, 5.74) is 0.595. The Kier molecular flexibility index (Phi) is 4.58. The highest BCUT2D eigenvalue weighted by atomic mass is 35.5. The molecule has 1 amide bonds. The zero-order valence-electron chi connectivity index (χ0n) is 10.8. The van der Waals surface area contributed by atoms with E-state index in [0.717, 1.165) is 18.8 Å². The fraction of sp³-hybridized carbons (Fsp3) is 0.286. The molecule has 0 radical (unpaired) electrons. The van der Waals surface area contributed by atoms with Crippen molar-refractivity contribution in [2.24, 2.45) is 0 Å². The van der Waals surface area contributed by atoms with Crippen molar-refractivity contribution < 1.29 is 4.79 Å². The maximum absolute atomic E-state index is 11.9. The molecule has 0 aliphatic heterocycles. The summed E-state index contributed by atoms with van der Waals surface area (Å²) in [5, 5.41) is 3.47. The van der Waals surface area contributed by atoms with Gasteiger partial charge in [-0.2, -0.15) is 0 Å². The highest BCUT2D eigenvalue weighted by molar-refractivity contribution is 6.30. The first-order chi connectivity index (χ1) is 9.20. The zero-order chi connectivity index (χ0) is 13.7. The maximum atomic E-state index is 11.9. The van der Waals surface area contributed by atoms with E-state index in [4.69, 9.17) is 11.6 Å². The summed E-state index contributed by atoms with van der Waals surface area (Å²) in [5.74, 6) is 0.742. The van der Waals surface area contributed by atoms with Crippen molar-refractivity contribution in [1.82, 2.24) is 14.9 Å². The van der Waals surface area contributed by atoms with Crippen LogP contribution in [-0.4, -0.2) is 15.5 Å². The molecule has 100 valence electrons. The van der Waals surface area contributed by atoms with Crippen molar-refractivity contribution in [3.63, 3.8) is 0 Å². The van der Waals surface area contributed by atoms with Gasteiger partial charge in [-0.3, -0.25) is 4.79 Å². The van der Waals surface area contributed by atoms with E-state index < -0.39 is 0 Å². The molecule has 2 rings (SSSR count). The van der Waals surface area contributed by atoms with Crippen molar-refractivity contribution in [3.05, 3.63) is 53.1 Å². The Labute approximate surface area is 117 Å². The third kappa shape index (κ3) is 3.58. The average Bonchev–Trinajstić information content (AvgIpc) is 2.85. The van der Waals surface area contributed by atoms with E-state index in [9.17, 15) is 4.79 Å². The summed E-state index contributed by atoms with van der Waals surface area (Å²) < 4.78 is 2.04. The molecule has 0 spiro atoms. The van der Waals surface area contributed by atoms with Crippen LogP contribution in [-0.2, 0) is 13.1 Å². The van der Waals surface area contributed by atoms with Gasteiger partial charge in [0.15, 0.2) is 0 Å². The Hall–Kier alpha value is -1.81. The zero-order valence-corrected chi connectivity index (χ0v) is 11.5. The van der Waals surface area contributed by atoms with Gasteiger partial charge in [0.25, 0.3) is 5.91 Å². The quantitative estimate of drug-likeness (QED) is 0.913. The third-order valence-corrected chi connectivity index (χ3v) is 3.03. The molecule has 0 saturated heterocycles. The van der Waals surface area contributed by atoms with Crippen LogP contribution in [0.3, 0.4) is 0 Å². The number of aryl methyl sites for hydroxylation is 1. The molecule has 0 aliphatic rings. The number of nitrogens with one attached hydrogen (secondary N) is 1. The molecule has 0 aliphatic carbocycles. The Morgan fingerprint density at radius 2 is 2.11 bits per heavy atom. The Morgan fingerprint density at radius 1 is 1.37 bits per heavy atom. The van der Waals surface area contributed by atoms with Gasteiger partial charge in [-0.1, -0.05) is 18.5 Å². The predicted molar refractivity (Wildman–Crippen MR) is 75.1 cm³/mol. The van der Waals surface area contributed by atoms with E-state index in [1.54, 1.807) is 30.5 Å². The molecule has 0 atom stereocenters. The van der Waals surface area contributed by atoms with Crippen molar-refractivity contribution >= 4 is 17.5 Å². The number of carbonyl (C=O) groups is 1. The van der Waals surface area contributed by atoms with E-state index in [1.165, 1.54) is 0 Å². The number of aromatic nitrogens is 2. The molecule has 19 heavy (non-hydrogen) atoms. The maximum Gasteiger partial charge on any atom is 0.251 e. The summed E-state index contributed by atoms with van der Waals surface area (Å²) in [7, 11) is 0. The number of carbonyl (C=O) groups excluding carboxylic acids is 1. The number of halogens is 1. The molecule has 1 heterocycles. The smallest absolute Gasteiger partial charge is 0.251 e. The van der Waals surface area contributed by atoms with Crippen LogP contribution in [0.25, 0.3) is 0 Å². The molecule has 0 saturated carbocycles. The summed E-state index contributed by atoms with van der Waals surface area (Å²) >= 11 is 5.79. The lowest BCUT2D eigenvalue weighted by Gasteiger charge is -2.08. The molecule has 0 fully saturated rings. The Balaban J connectivity index is 1.96. The highest BCUT2D eigenvalue weighted by Gasteiger charge is 2.07. The van der Waals surface area contributed by atoms with Crippen LogP contribution in [0.4, 0.5) is 0 Å². The SMILES string of the molecule is CCCn1ccnc1CNC(=O)c1ccc(Cl)cc1. The van der Waals surface area contributed by atoms with Crippen molar-refractivity contribution in [3.8, 4) is 0 Å². The van der Waals surface area contributed by atoms with Gasteiger partial charge in [0.1, 0.15) is 5.82 Å². The summed E-state index contributed by atoms with van der Waals surface area (Å²) in [4.78, 5) is 16.2. The normalized spacial score (nSPS) is 10.4. The molecule has 2 aromatic rings. The topological polar surface area (TPSA) is 46.9 Å². The van der Waals surface area contributed by atoms with Gasteiger partial charge in [-0.15, -0.1) is 0 Å². The van der Waals surface area contributed by atoms with Gasteiger partial charge >= 0.3 is 0 Å². The van der Waals surface area contributed by atoms with E-state index in [0.29, 0.717) is 17.1 Å². The minimum atomic E-state index is -0.122. The number of benzene rings is 1. The number of nitrogens with zero attached hydrogens (tertiary/aromatic N) is 2. The van der Waals surface area contributed by atoms with Crippen molar-refractivity contribution in [2.75, 3.05) is 0 Å². The standard InChI is InChI=1S/C14H16ClN3O/c1-2-8-18-9-7-16-13(18)10-17-14(19)11-3-5-12(15)6-4-11/h3-7,9H,2,8,10H2,1H3,(H,17,19). The lowest BCUT2D eigenvalue weighted by Crippen LogP contribution is -2.24. The van der Waals surface area contributed by atoms with Gasteiger partial charge < -0.3 is 9.88 Å². The molecule has 1 aromatic carbocycles. The average molecular weight is 278 g/mol. The van der Waals surface area contributed by atoms with Crippen LogP contribution in [0.1, 0.15) is 29.5 Å². The monoisotopic (exact) mass is 277 g/mol. The van der Waals surface area contributed by atoms with E-state index in [-0.39, 0.29) is 5.91 Å². The van der Waals surface area contributed by atoms with E-state index in [2.05, 4.69) is 17.2 Å². The molecule has 0 unspecified atom stereocenters. The second-order valence-electron chi connectivity index (χ2n) is 4.23. The number of rotatable bonds is 5. The van der Waals surface area contributed by atoms with Crippen molar-refractivity contribution in [2.45, 2.75) is 26.4 Å². The van der Waals surface area contributed by atoms with Crippen LogP contribution >= 0.6 is 11.6 Å². The van der Waals surface area contributed by atoms with Crippen LogP contribution in [0, 0.1) is 0 Å². The Morgan fingerprint density at radius 3 is 2.79 bits per heavy atom. The molecule has 0 bridgehead atoms. The number of imidazole rings is 1. The summed E-state index contributed by atoms with van der Waals surface area (Å²) in [6.45, 7) is 3.44. The van der Waals surface area contributed by atoms with Crippen LogP contribution in [0.15, 0.2) is 36.7 Å². The van der Waals surface area contributed by atoms with E-state index in [1.807, 2.05) is 10.8 Å². The Bertz CT molecular complexity index is 548. The molecular formula is C14H16ClN3O. The van der Waals surface area contributed by atoms with Crippen molar-refractivity contribution in [1.29, 1.82) is 0 Å². The first-order valence-corrected chi connectivity index (χ1v) is 6.62. The van der Waals surface area contributed by atoms with E-state index >= 15 is 0 Å². The minimum Gasteiger partial charge on any atom is -0.345 e. The van der Waals surface area contributed by atoms with Crippen LogP contribution in [0.2, 0.25) is 5.02 Å². The lowest BCUT2D eigenvalue weighted by atomic mass is 10.2. The predicted octanol–water partition coefficient (Wildman–Crippen LogP) is 2.88. The second-order valence-corrected chi connectivity index (χ2v) is 4.66. The number of amides is 1.